The number of nitrogens with zero attached hydrogens (tertiary/aromatic N) is 3. The van der Waals surface area contributed by atoms with Crippen LogP contribution in [0.3, 0.4) is 0 Å². The third kappa shape index (κ3) is 3.35. The Morgan fingerprint density at radius 1 is 1.14 bits per heavy atom. The summed E-state index contributed by atoms with van der Waals surface area (Å²) >= 11 is 0. The van der Waals surface area contributed by atoms with Gasteiger partial charge in [0.05, 0.1) is 17.6 Å². The van der Waals surface area contributed by atoms with Crippen LogP contribution in [-0.2, 0) is 13.1 Å². The molecular weight excluding hydrogens is 258 g/mol. The van der Waals surface area contributed by atoms with Crippen molar-refractivity contribution >= 4 is 11.0 Å². The van der Waals surface area contributed by atoms with E-state index in [1.54, 1.807) is 0 Å². The molecule has 1 aromatic heterocycles. The summed E-state index contributed by atoms with van der Waals surface area (Å²) in [6, 6.07) is 8.43. The average Bonchev–Trinajstić information content (AvgIpc) is 2.64. The first-order valence-electron chi connectivity index (χ1n) is 8.05. The summed E-state index contributed by atoms with van der Waals surface area (Å²) in [6.07, 6.45) is 5.39. The van der Waals surface area contributed by atoms with Crippen molar-refractivity contribution in [2.45, 2.75) is 45.7 Å². The van der Waals surface area contributed by atoms with Crippen LogP contribution in [0.15, 0.2) is 36.4 Å². The van der Waals surface area contributed by atoms with E-state index in [1.165, 1.54) is 55.7 Å². The van der Waals surface area contributed by atoms with Crippen LogP contribution in [0.1, 0.15) is 38.4 Å². The van der Waals surface area contributed by atoms with Gasteiger partial charge in [-0.1, -0.05) is 37.1 Å². The Morgan fingerprint density at radius 2 is 1.86 bits per heavy atom. The van der Waals surface area contributed by atoms with Gasteiger partial charge in [-0.15, -0.1) is 0 Å². The van der Waals surface area contributed by atoms with E-state index >= 15 is 0 Å². The summed E-state index contributed by atoms with van der Waals surface area (Å²) in [5.41, 5.74) is 3.50. The average molecular weight is 283 g/mol. The monoisotopic (exact) mass is 283 g/mol. The van der Waals surface area contributed by atoms with Crippen molar-refractivity contribution in [2.75, 3.05) is 13.1 Å². The number of likely N-dealkylation sites (tertiary alicyclic amines) is 1. The fraction of sp³-hybridized carbons (Fsp3) is 0.500. The van der Waals surface area contributed by atoms with Crippen molar-refractivity contribution in [3.8, 4) is 0 Å². The van der Waals surface area contributed by atoms with E-state index in [4.69, 9.17) is 4.98 Å². The van der Waals surface area contributed by atoms with E-state index in [-0.39, 0.29) is 0 Å². The SMILES string of the molecule is C=C(C)Cn1c(CN2CCCCCC2)nc2ccccc21. The Kier molecular flexibility index (Phi) is 4.39. The third-order valence-corrected chi connectivity index (χ3v) is 4.23. The molecule has 1 aliphatic rings. The molecule has 2 aromatic rings. The van der Waals surface area contributed by atoms with Crippen LogP contribution in [0.5, 0.6) is 0 Å². The second-order valence-electron chi connectivity index (χ2n) is 6.25. The Balaban J connectivity index is 1.90. The number of imidazole rings is 1. The maximum Gasteiger partial charge on any atom is 0.124 e. The second kappa shape index (κ2) is 6.44. The summed E-state index contributed by atoms with van der Waals surface area (Å²) in [7, 11) is 0. The number of hydrogen-bond acceptors (Lipinski definition) is 2. The molecule has 1 fully saturated rings. The molecule has 1 saturated heterocycles. The first-order valence-corrected chi connectivity index (χ1v) is 8.05. The van der Waals surface area contributed by atoms with E-state index < -0.39 is 0 Å². The highest BCUT2D eigenvalue weighted by Crippen LogP contribution is 2.20. The molecule has 0 atom stereocenters. The number of allylic oxidation sites excluding steroid dienone is 1. The van der Waals surface area contributed by atoms with E-state index in [9.17, 15) is 0 Å². The number of fused-ring (bicyclic) bond motifs is 1. The molecule has 0 bridgehead atoms. The molecular formula is C18H25N3. The number of benzene rings is 1. The predicted octanol–water partition coefficient (Wildman–Crippen LogP) is 3.99. The minimum atomic E-state index is 0.865. The van der Waals surface area contributed by atoms with Gasteiger partial charge in [0.15, 0.2) is 0 Å². The van der Waals surface area contributed by atoms with Crippen LogP contribution >= 0.6 is 0 Å². The molecule has 0 N–H and O–H groups in total. The lowest BCUT2D eigenvalue weighted by molar-refractivity contribution is 0.267. The number of hydrogen-bond donors (Lipinski definition) is 0. The van der Waals surface area contributed by atoms with Gasteiger partial charge >= 0.3 is 0 Å². The van der Waals surface area contributed by atoms with Crippen LogP contribution in [0.4, 0.5) is 0 Å². The van der Waals surface area contributed by atoms with E-state index in [0.29, 0.717) is 0 Å². The Hall–Kier alpha value is -1.61. The number of rotatable bonds is 4. The fourth-order valence-electron chi connectivity index (χ4n) is 3.19. The molecule has 0 spiro atoms. The topological polar surface area (TPSA) is 21.1 Å². The molecule has 3 nitrogen and oxygen atoms in total. The highest BCUT2D eigenvalue weighted by molar-refractivity contribution is 5.76. The van der Waals surface area contributed by atoms with Gasteiger partial charge in [0, 0.05) is 6.54 Å². The van der Waals surface area contributed by atoms with Gasteiger partial charge in [-0.3, -0.25) is 4.90 Å². The molecule has 1 aromatic carbocycles. The lowest BCUT2D eigenvalue weighted by Gasteiger charge is -2.20. The molecule has 21 heavy (non-hydrogen) atoms. The standard InChI is InChI=1S/C18H25N3/c1-15(2)13-21-17-10-6-5-9-16(17)19-18(21)14-20-11-7-3-4-8-12-20/h5-6,9-10H,1,3-4,7-8,11-14H2,2H3. The van der Waals surface area contributed by atoms with Crippen LogP contribution in [-0.4, -0.2) is 27.5 Å². The van der Waals surface area contributed by atoms with Gasteiger partial charge in [0.2, 0.25) is 0 Å². The van der Waals surface area contributed by atoms with Crippen molar-refractivity contribution < 1.29 is 0 Å². The zero-order valence-electron chi connectivity index (χ0n) is 13.0. The van der Waals surface area contributed by atoms with Crippen LogP contribution in [0.2, 0.25) is 0 Å². The first-order chi connectivity index (χ1) is 10.2. The first kappa shape index (κ1) is 14.3. The minimum Gasteiger partial charge on any atom is -0.323 e. The van der Waals surface area contributed by atoms with Crippen LogP contribution < -0.4 is 0 Å². The summed E-state index contributed by atoms with van der Waals surface area (Å²) in [5.74, 6) is 1.18. The molecule has 3 heteroatoms. The molecule has 0 amide bonds. The summed E-state index contributed by atoms with van der Waals surface area (Å²) in [5, 5.41) is 0. The van der Waals surface area contributed by atoms with Crippen molar-refractivity contribution in [1.82, 2.24) is 14.5 Å². The van der Waals surface area contributed by atoms with Crippen molar-refractivity contribution in [3.63, 3.8) is 0 Å². The van der Waals surface area contributed by atoms with Gasteiger partial charge < -0.3 is 4.57 Å². The number of aromatic nitrogens is 2. The lowest BCUT2D eigenvalue weighted by Crippen LogP contribution is -2.26. The molecule has 112 valence electrons. The zero-order chi connectivity index (χ0) is 14.7. The Morgan fingerprint density at radius 3 is 2.57 bits per heavy atom. The van der Waals surface area contributed by atoms with E-state index in [2.05, 4.69) is 47.2 Å². The van der Waals surface area contributed by atoms with E-state index in [0.717, 1.165) is 18.6 Å². The maximum absolute atomic E-state index is 4.87. The molecule has 0 saturated carbocycles. The second-order valence-corrected chi connectivity index (χ2v) is 6.25. The van der Waals surface area contributed by atoms with Crippen molar-refractivity contribution in [3.05, 3.63) is 42.2 Å². The summed E-state index contributed by atoms with van der Waals surface area (Å²) in [6.45, 7) is 10.4. The van der Waals surface area contributed by atoms with Crippen molar-refractivity contribution in [1.29, 1.82) is 0 Å². The Labute approximate surface area is 127 Å². The summed E-state index contributed by atoms with van der Waals surface area (Å²) in [4.78, 5) is 7.43. The van der Waals surface area contributed by atoms with Gasteiger partial charge in [-0.25, -0.2) is 4.98 Å². The van der Waals surface area contributed by atoms with Gasteiger partial charge in [0.1, 0.15) is 5.82 Å². The Bertz CT molecular complexity index is 618. The molecule has 3 rings (SSSR count). The molecule has 1 aliphatic heterocycles. The van der Waals surface area contributed by atoms with Gasteiger partial charge in [0.25, 0.3) is 0 Å². The molecule has 0 unspecified atom stereocenters. The van der Waals surface area contributed by atoms with Crippen LogP contribution in [0, 0.1) is 0 Å². The lowest BCUT2D eigenvalue weighted by atomic mass is 10.2. The van der Waals surface area contributed by atoms with Gasteiger partial charge in [-0.2, -0.15) is 0 Å². The normalized spacial score (nSPS) is 17.0. The zero-order valence-corrected chi connectivity index (χ0v) is 13.0. The molecule has 0 radical (unpaired) electrons. The largest absolute Gasteiger partial charge is 0.323 e. The smallest absolute Gasteiger partial charge is 0.124 e. The highest BCUT2D eigenvalue weighted by atomic mass is 15.2. The minimum absolute atomic E-state index is 0.865. The molecule has 2 heterocycles. The van der Waals surface area contributed by atoms with Crippen LogP contribution in [0.25, 0.3) is 11.0 Å². The maximum atomic E-state index is 4.87. The fourth-order valence-corrected chi connectivity index (χ4v) is 3.19. The van der Waals surface area contributed by atoms with Crippen molar-refractivity contribution in [2.24, 2.45) is 0 Å². The number of para-hydroxylation sites is 2. The molecule has 0 aliphatic carbocycles. The van der Waals surface area contributed by atoms with Gasteiger partial charge in [-0.05, 0) is 45.0 Å². The van der Waals surface area contributed by atoms with E-state index in [1.807, 2.05) is 0 Å². The predicted molar refractivity (Wildman–Crippen MR) is 88.3 cm³/mol. The highest BCUT2D eigenvalue weighted by Gasteiger charge is 2.15. The quantitative estimate of drug-likeness (QED) is 0.791. The summed E-state index contributed by atoms with van der Waals surface area (Å²) < 4.78 is 2.34. The third-order valence-electron chi connectivity index (χ3n) is 4.23.